The number of nitro groups is 1. The lowest BCUT2D eigenvalue weighted by Crippen LogP contribution is -2.60. The number of carbonyl (C=O) groups excluding carboxylic acids is 3. The molecule has 0 bridgehead atoms. The van der Waals surface area contributed by atoms with Gasteiger partial charge in [0, 0.05) is 25.2 Å². The van der Waals surface area contributed by atoms with Gasteiger partial charge in [-0.15, -0.1) is 0 Å². The second-order valence-electron chi connectivity index (χ2n) is 6.63. The van der Waals surface area contributed by atoms with Crippen LogP contribution in [0.5, 0.6) is 5.75 Å². The largest absolute Gasteiger partial charge is 0.481 e. The summed E-state index contributed by atoms with van der Waals surface area (Å²) in [6.07, 6.45) is 0.428. The number of amides is 2. The number of piperazine rings is 1. The maximum Gasteiger partial charge on any atom is 0.308 e. The molecular formula is C19H25N3O7. The molecule has 1 aromatic carbocycles. The number of ether oxygens (including phenoxy) is 2. The standard InChI is InChI=1S/C19H25N3O7/c1-3-4-11-28-17(23)12-16-18(24)20-9-10-21(16)19(25)13(2)29-15-7-5-14(6-8-15)22(26)27/h5-8,13,16H,3-4,9-12H2,1-2H3,(H,20,24). The average molecular weight is 407 g/mol. The number of non-ortho nitro benzene ring substituents is 1. The van der Waals surface area contributed by atoms with E-state index < -0.39 is 34.9 Å². The number of hydrogen-bond donors (Lipinski definition) is 1. The highest BCUT2D eigenvalue weighted by molar-refractivity contribution is 5.93. The van der Waals surface area contributed by atoms with Crippen molar-refractivity contribution in [2.45, 2.75) is 45.3 Å². The van der Waals surface area contributed by atoms with Crippen molar-refractivity contribution >= 4 is 23.5 Å². The molecule has 1 fully saturated rings. The number of unbranched alkanes of at least 4 members (excludes halogenated alkanes) is 1. The number of hydrogen-bond acceptors (Lipinski definition) is 7. The van der Waals surface area contributed by atoms with Gasteiger partial charge in [0.05, 0.1) is 18.0 Å². The molecule has 1 aliphatic rings. The lowest BCUT2D eigenvalue weighted by atomic mass is 10.1. The van der Waals surface area contributed by atoms with E-state index >= 15 is 0 Å². The van der Waals surface area contributed by atoms with Crippen LogP contribution in [0.2, 0.25) is 0 Å². The lowest BCUT2D eigenvalue weighted by Gasteiger charge is -2.36. The number of nitrogens with one attached hydrogen (secondary N) is 1. The monoisotopic (exact) mass is 407 g/mol. The van der Waals surface area contributed by atoms with Crippen LogP contribution in [0, 0.1) is 10.1 Å². The molecule has 1 heterocycles. The summed E-state index contributed by atoms with van der Waals surface area (Å²) in [6.45, 7) is 4.28. The first-order valence-electron chi connectivity index (χ1n) is 9.48. The Bertz CT molecular complexity index is 751. The molecule has 0 aliphatic carbocycles. The third-order valence-electron chi connectivity index (χ3n) is 4.44. The molecule has 2 amide bonds. The Balaban J connectivity index is 2.01. The average Bonchev–Trinajstić information content (AvgIpc) is 2.69. The van der Waals surface area contributed by atoms with Gasteiger partial charge < -0.3 is 19.7 Å². The van der Waals surface area contributed by atoms with E-state index in [9.17, 15) is 24.5 Å². The molecule has 2 rings (SSSR count). The molecule has 29 heavy (non-hydrogen) atoms. The number of carbonyl (C=O) groups is 3. The highest BCUT2D eigenvalue weighted by Crippen LogP contribution is 2.20. The van der Waals surface area contributed by atoms with E-state index in [1.54, 1.807) is 0 Å². The molecule has 10 nitrogen and oxygen atoms in total. The van der Waals surface area contributed by atoms with Crippen LogP contribution < -0.4 is 10.1 Å². The fourth-order valence-electron chi connectivity index (χ4n) is 2.86. The molecule has 0 aromatic heterocycles. The minimum Gasteiger partial charge on any atom is -0.481 e. The van der Waals surface area contributed by atoms with E-state index in [1.807, 2.05) is 6.92 Å². The first-order valence-corrected chi connectivity index (χ1v) is 9.48. The molecule has 0 spiro atoms. The first kappa shape index (κ1) is 22.1. The Kier molecular flexibility index (Phi) is 7.93. The molecule has 158 valence electrons. The molecule has 0 saturated carbocycles. The molecule has 1 aromatic rings. The van der Waals surface area contributed by atoms with Gasteiger partial charge in [-0.3, -0.25) is 24.5 Å². The van der Waals surface area contributed by atoms with Gasteiger partial charge in [0.25, 0.3) is 11.6 Å². The Morgan fingerprint density at radius 1 is 1.34 bits per heavy atom. The van der Waals surface area contributed by atoms with Gasteiger partial charge in [-0.1, -0.05) is 13.3 Å². The van der Waals surface area contributed by atoms with Crippen molar-refractivity contribution in [1.29, 1.82) is 0 Å². The fourth-order valence-corrected chi connectivity index (χ4v) is 2.86. The van der Waals surface area contributed by atoms with Crippen LogP contribution in [0.3, 0.4) is 0 Å². The van der Waals surface area contributed by atoms with Crippen molar-refractivity contribution in [3.63, 3.8) is 0 Å². The summed E-state index contributed by atoms with van der Waals surface area (Å²) < 4.78 is 10.7. The van der Waals surface area contributed by atoms with Crippen LogP contribution in [0.1, 0.15) is 33.1 Å². The van der Waals surface area contributed by atoms with E-state index in [0.717, 1.165) is 12.8 Å². The van der Waals surface area contributed by atoms with Crippen LogP contribution >= 0.6 is 0 Å². The summed E-state index contributed by atoms with van der Waals surface area (Å²) in [7, 11) is 0. The quantitative estimate of drug-likeness (QED) is 0.284. The van der Waals surface area contributed by atoms with Gasteiger partial charge in [0.15, 0.2) is 6.10 Å². The summed E-state index contributed by atoms with van der Waals surface area (Å²) in [5, 5.41) is 13.4. The third-order valence-corrected chi connectivity index (χ3v) is 4.44. The molecule has 10 heteroatoms. The van der Waals surface area contributed by atoms with Crippen molar-refractivity contribution in [3.8, 4) is 5.75 Å². The summed E-state index contributed by atoms with van der Waals surface area (Å²) in [4.78, 5) is 48.6. The Hall–Kier alpha value is -3.17. The highest BCUT2D eigenvalue weighted by atomic mass is 16.6. The van der Waals surface area contributed by atoms with E-state index in [2.05, 4.69) is 5.32 Å². The zero-order valence-electron chi connectivity index (χ0n) is 16.5. The van der Waals surface area contributed by atoms with Gasteiger partial charge in [-0.2, -0.15) is 0 Å². The Labute approximate surface area is 168 Å². The maximum absolute atomic E-state index is 12.8. The van der Waals surface area contributed by atoms with Crippen molar-refractivity contribution in [1.82, 2.24) is 10.2 Å². The smallest absolute Gasteiger partial charge is 0.308 e. The van der Waals surface area contributed by atoms with Crippen molar-refractivity contribution in [3.05, 3.63) is 34.4 Å². The fraction of sp³-hybridized carbons (Fsp3) is 0.526. The summed E-state index contributed by atoms with van der Waals surface area (Å²) in [5.74, 6) is -1.13. The number of esters is 1. The molecule has 1 saturated heterocycles. The van der Waals surface area contributed by atoms with E-state index in [-0.39, 0.29) is 37.6 Å². The van der Waals surface area contributed by atoms with Crippen LogP contribution in [0.4, 0.5) is 5.69 Å². The normalized spacial score (nSPS) is 17.2. The van der Waals surface area contributed by atoms with E-state index in [0.29, 0.717) is 0 Å². The Morgan fingerprint density at radius 2 is 2.03 bits per heavy atom. The first-order chi connectivity index (χ1) is 13.8. The topological polar surface area (TPSA) is 128 Å². The van der Waals surface area contributed by atoms with Crippen LogP contribution in [-0.2, 0) is 19.1 Å². The molecule has 2 atom stereocenters. The summed E-state index contributed by atoms with van der Waals surface area (Å²) in [5.41, 5.74) is -0.0920. The number of nitrogens with zero attached hydrogens (tertiary/aromatic N) is 2. The number of rotatable bonds is 9. The zero-order chi connectivity index (χ0) is 21.4. The third kappa shape index (κ3) is 6.16. The van der Waals surface area contributed by atoms with Gasteiger partial charge in [-0.25, -0.2) is 0 Å². The van der Waals surface area contributed by atoms with Crippen molar-refractivity contribution in [2.75, 3.05) is 19.7 Å². The van der Waals surface area contributed by atoms with E-state index in [4.69, 9.17) is 9.47 Å². The zero-order valence-corrected chi connectivity index (χ0v) is 16.5. The predicted molar refractivity (Wildman–Crippen MR) is 102 cm³/mol. The lowest BCUT2D eigenvalue weighted by molar-refractivity contribution is -0.384. The van der Waals surface area contributed by atoms with Crippen LogP contribution in [0.15, 0.2) is 24.3 Å². The van der Waals surface area contributed by atoms with Gasteiger partial charge in [0.1, 0.15) is 11.8 Å². The van der Waals surface area contributed by atoms with Gasteiger partial charge >= 0.3 is 5.97 Å². The number of nitro benzene ring substituents is 1. The second kappa shape index (κ2) is 10.4. The van der Waals surface area contributed by atoms with Gasteiger partial charge in [-0.05, 0) is 25.5 Å². The van der Waals surface area contributed by atoms with Crippen LogP contribution in [-0.4, -0.2) is 59.4 Å². The summed E-state index contributed by atoms with van der Waals surface area (Å²) >= 11 is 0. The maximum atomic E-state index is 12.8. The minimum atomic E-state index is -0.965. The molecular weight excluding hydrogens is 382 g/mol. The number of benzene rings is 1. The minimum absolute atomic E-state index is 0.0920. The van der Waals surface area contributed by atoms with Crippen molar-refractivity contribution in [2.24, 2.45) is 0 Å². The second-order valence-corrected chi connectivity index (χ2v) is 6.63. The van der Waals surface area contributed by atoms with Crippen LogP contribution in [0.25, 0.3) is 0 Å². The van der Waals surface area contributed by atoms with Gasteiger partial charge in [0.2, 0.25) is 5.91 Å². The highest BCUT2D eigenvalue weighted by Gasteiger charge is 2.37. The molecule has 1 aliphatic heterocycles. The molecule has 0 radical (unpaired) electrons. The van der Waals surface area contributed by atoms with Crippen molar-refractivity contribution < 1.29 is 28.8 Å². The Morgan fingerprint density at radius 3 is 2.66 bits per heavy atom. The molecule has 1 N–H and O–H groups in total. The predicted octanol–water partition coefficient (Wildman–Crippen LogP) is 1.42. The molecule has 2 unspecified atom stereocenters. The SMILES string of the molecule is CCCCOC(=O)CC1C(=O)NCCN1C(=O)C(C)Oc1ccc([N+](=O)[O-])cc1. The summed E-state index contributed by atoms with van der Waals surface area (Å²) in [6, 6.07) is 4.38. The van der Waals surface area contributed by atoms with E-state index in [1.165, 1.54) is 36.1 Å².